The molecular formula is C17H15N3O3. The lowest BCUT2D eigenvalue weighted by Crippen LogP contribution is -2.04. The van der Waals surface area contributed by atoms with Crippen LogP contribution in [0.2, 0.25) is 0 Å². The number of fused-ring (bicyclic) bond motifs is 4. The minimum Gasteiger partial charge on any atom is -0.506 e. The molecule has 0 saturated heterocycles. The highest BCUT2D eigenvalue weighted by atomic mass is 16.5. The van der Waals surface area contributed by atoms with E-state index in [9.17, 15) is 9.90 Å². The summed E-state index contributed by atoms with van der Waals surface area (Å²) in [6.45, 7) is 3.64. The molecule has 6 nitrogen and oxygen atoms in total. The number of benzene rings is 2. The molecule has 0 aliphatic rings. The fourth-order valence-corrected chi connectivity index (χ4v) is 2.71. The van der Waals surface area contributed by atoms with E-state index in [4.69, 9.17) is 4.74 Å². The topological polar surface area (TPSA) is 60.3 Å². The van der Waals surface area contributed by atoms with Crippen LogP contribution in [-0.4, -0.2) is 31.7 Å². The maximum absolute atomic E-state index is 11.1. The number of rotatable bonds is 5. The number of nitrogens with zero attached hydrogens (tertiary/aromatic N) is 3. The van der Waals surface area contributed by atoms with E-state index in [1.54, 1.807) is 6.07 Å². The minimum absolute atomic E-state index is 0.206. The van der Waals surface area contributed by atoms with E-state index in [2.05, 4.69) is 6.58 Å². The van der Waals surface area contributed by atoms with Crippen molar-refractivity contribution in [3.05, 3.63) is 60.7 Å². The summed E-state index contributed by atoms with van der Waals surface area (Å²) in [6, 6.07) is 13.4. The van der Waals surface area contributed by atoms with Crippen LogP contribution in [0.1, 0.15) is 5.56 Å². The monoisotopic (exact) mass is 309 g/mol. The highest BCUT2D eigenvalue weighted by Crippen LogP contribution is 2.30. The SMILES string of the molecule is C=CC(=O)OCCc1ccc(O)c(-n2n3c4ccccc4n23)c1. The summed E-state index contributed by atoms with van der Waals surface area (Å²) in [4.78, 5) is 13.0. The number of hydrogen-bond acceptors (Lipinski definition) is 3. The van der Waals surface area contributed by atoms with Crippen LogP contribution in [-0.2, 0) is 16.0 Å². The van der Waals surface area contributed by atoms with Crippen LogP contribution in [0.4, 0.5) is 0 Å². The molecule has 6 heteroatoms. The molecule has 2 aromatic heterocycles. The van der Waals surface area contributed by atoms with Crippen molar-refractivity contribution in [1.82, 2.24) is 14.1 Å². The maximum atomic E-state index is 11.1. The second-order valence-electron chi connectivity index (χ2n) is 5.30. The zero-order valence-electron chi connectivity index (χ0n) is 12.3. The fourth-order valence-electron chi connectivity index (χ4n) is 2.71. The molecule has 0 fully saturated rings. The van der Waals surface area contributed by atoms with Gasteiger partial charge in [0.2, 0.25) is 0 Å². The number of aromatic nitrogens is 3. The van der Waals surface area contributed by atoms with Crippen LogP contribution in [0.3, 0.4) is 0 Å². The molecule has 0 aliphatic heterocycles. The van der Waals surface area contributed by atoms with Crippen molar-refractivity contribution < 1.29 is 14.6 Å². The number of para-hydroxylation sites is 2. The molecule has 0 spiro atoms. The number of phenols is 1. The standard InChI is InChI=1S/C17H15N3O3/c1-2-17(22)23-10-9-12-7-8-16(21)15(11-12)20-18-13-5-3-4-6-14(13)19(18)20/h2-8,11,21H,1,9-10H2. The van der Waals surface area contributed by atoms with Gasteiger partial charge in [-0.05, 0) is 29.8 Å². The van der Waals surface area contributed by atoms with E-state index >= 15 is 0 Å². The molecule has 116 valence electrons. The van der Waals surface area contributed by atoms with Gasteiger partial charge in [0, 0.05) is 12.5 Å². The van der Waals surface area contributed by atoms with Crippen LogP contribution in [0.15, 0.2) is 55.1 Å². The van der Waals surface area contributed by atoms with Crippen molar-refractivity contribution in [2.75, 3.05) is 6.61 Å². The van der Waals surface area contributed by atoms with E-state index in [0.29, 0.717) is 12.1 Å². The fraction of sp³-hybridized carbons (Fsp3) is 0.118. The van der Waals surface area contributed by atoms with E-state index < -0.39 is 5.97 Å². The van der Waals surface area contributed by atoms with Gasteiger partial charge in [0.1, 0.15) is 22.5 Å². The van der Waals surface area contributed by atoms with Crippen molar-refractivity contribution >= 4 is 17.0 Å². The van der Waals surface area contributed by atoms with Crippen LogP contribution in [0, 0.1) is 0 Å². The predicted molar refractivity (Wildman–Crippen MR) is 85.4 cm³/mol. The van der Waals surface area contributed by atoms with Crippen molar-refractivity contribution in [2.24, 2.45) is 0 Å². The molecular weight excluding hydrogens is 294 g/mol. The Balaban J connectivity index is 1.61. The summed E-state index contributed by atoms with van der Waals surface area (Å²) < 4.78 is 8.95. The molecule has 2 aromatic carbocycles. The number of aromatic hydroxyl groups is 1. The molecule has 0 aliphatic carbocycles. The number of ether oxygens (including phenoxy) is 1. The molecule has 0 radical (unpaired) electrons. The van der Waals surface area contributed by atoms with Crippen molar-refractivity contribution in [1.29, 1.82) is 0 Å². The van der Waals surface area contributed by atoms with Gasteiger partial charge in [0.05, 0.1) is 6.61 Å². The molecule has 23 heavy (non-hydrogen) atoms. The molecule has 4 aromatic rings. The summed E-state index contributed by atoms with van der Waals surface area (Å²) in [5.41, 5.74) is 3.90. The normalized spacial score (nSPS) is 11.5. The highest BCUT2D eigenvalue weighted by Gasteiger charge is 2.25. The number of esters is 1. The molecule has 0 amide bonds. The number of carbonyl (C=O) groups excluding carboxylic acids is 1. The van der Waals surface area contributed by atoms with Gasteiger partial charge in [0.25, 0.3) is 0 Å². The average molecular weight is 309 g/mol. The lowest BCUT2D eigenvalue weighted by Gasteiger charge is -2.05. The van der Waals surface area contributed by atoms with Gasteiger partial charge in [0.15, 0.2) is 0 Å². The Morgan fingerprint density at radius 3 is 2.52 bits per heavy atom. The molecule has 0 bridgehead atoms. The van der Waals surface area contributed by atoms with Crippen molar-refractivity contribution in [3.63, 3.8) is 0 Å². The second kappa shape index (κ2) is 4.95. The molecule has 4 rings (SSSR count). The largest absolute Gasteiger partial charge is 0.506 e. The van der Waals surface area contributed by atoms with Gasteiger partial charge in [-0.3, -0.25) is 0 Å². The Kier molecular flexibility index (Phi) is 2.90. The zero-order chi connectivity index (χ0) is 16.0. The maximum Gasteiger partial charge on any atom is 0.330 e. The van der Waals surface area contributed by atoms with Crippen LogP contribution in [0.25, 0.3) is 16.7 Å². The Morgan fingerprint density at radius 1 is 1.17 bits per heavy atom. The van der Waals surface area contributed by atoms with E-state index in [-0.39, 0.29) is 12.4 Å². The lowest BCUT2D eigenvalue weighted by atomic mass is 10.1. The van der Waals surface area contributed by atoms with E-state index in [1.807, 2.05) is 50.5 Å². The van der Waals surface area contributed by atoms with E-state index in [0.717, 1.165) is 22.7 Å². The van der Waals surface area contributed by atoms with Crippen molar-refractivity contribution in [3.8, 4) is 11.4 Å². The lowest BCUT2D eigenvalue weighted by molar-refractivity contribution is -0.137. The molecule has 0 atom stereocenters. The Hall–Kier alpha value is -3.15. The first-order valence-corrected chi connectivity index (χ1v) is 7.31. The van der Waals surface area contributed by atoms with Gasteiger partial charge >= 0.3 is 5.97 Å². The van der Waals surface area contributed by atoms with Gasteiger partial charge in [-0.2, -0.15) is 0 Å². The van der Waals surface area contributed by atoms with Crippen LogP contribution in [0.5, 0.6) is 5.75 Å². The summed E-state index contributed by atoms with van der Waals surface area (Å²) in [6.07, 6.45) is 1.72. The first-order valence-electron chi connectivity index (χ1n) is 7.31. The third kappa shape index (κ3) is 2.07. The van der Waals surface area contributed by atoms with Gasteiger partial charge < -0.3 is 9.84 Å². The molecule has 0 unspecified atom stereocenters. The Bertz CT molecular complexity index is 963. The predicted octanol–water partition coefficient (Wildman–Crippen LogP) is 2.40. The molecule has 2 heterocycles. The quantitative estimate of drug-likeness (QED) is 0.455. The first kappa shape index (κ1) is 13.5. The summed E-state index contributed by atoms with van der Waals surface area (Å²) in [5.74, 6) is -0.224. The number of hydrogen-bond donors (Lipinski definition) is 1. The summed E-state index contributed by atoms with van der Waals surface area (Å²) >= 11 is 0. The molecule has 0 saturated carbocycles. The van der Waals surface area contributed by atoms with Crippen molar-refractivity contribution in [2.45, 2.75) is 6.42 Å². The van der Waals surface area contributed by atoms with Crippen LogP contribution < -0.4 is 0 Å². The van der Waals surface area contributed by atoms with Gasteiger partial charge in [-0.25, -0.2) is 4.79 Å². The summed E-state index contributed by atoms with van der Waals surface area (Å²) in [7, 11) is 0. The first-order chi connectivity index (χ1) is 11.2. The highest BCUT2D eigenvalue weighted by molar-refractivity contribution is 5.81. The second-order valence-corrected chi connectivity index (χ2v) is 5.30. The number of phenolic OH excluding ortho intramolecular Hbond substituents is 1. The summed E-state index contributed by atoms with van der Waals surface area (Å²) in [5, 5.41) is 10.1. The number of carbonyl (C=O) groups is 1. The van der Waals surface area contributed by atoms with Crippen LogP contribution >= 0.6 is 0 Å². The van der Waals surface area contributed by atoms with Gasteiger partial charge in [-0.1, -0.05) is 24.8 Å². The zero-order valence-corrected chi connectivity index (χ0v) is 12.3. The Morgan fingerprint density at radius 2 is 1.87 bits per heavy atom. The minimum atomic E-state index is -0.430. The average Bonchev–Trinajstić information content (AvgIpc) is 3.22. The molecule has 1 N–H and O–H groups in total. The van der Waals surface area contributed by atoms with Gasteiger partial charge in [-0.15, -0.1) is 14.1 Å². The third-order valence-corrected chi connectivity index (χ3v) is 3.88. The Labute approximate surface area is 131 Å². The smallest absolute Gasteiger partial charge is 0.330 e. The third-order valence-electron chi connectivity index (χ3n) is 3.88. The van der Waals surface area contributed by atoms with E-state index in [1.165, 1.54) is 0 Å².